The molecule has 140 valence electrons. The number of H-pyrrole nitrogens is 1. The Balaban J connectivity index is 1.53. The predicted octanol–water partition coefficient (Wildman–Crippen LogP) is 3.68. The summed E-state index contributed by atoms with van der Waals surface area (Å²) in [5, 5.41) is 19.9. The molecule has 6 nitrogen and oxygen atoms in total. The first-order chi connectivity index (χ1) is 12.1. The lowest BCUT2D eigenvalue weighted by Crippen LogP contribution is -2.37. The molecule has 2 aliphatic rings. The van der Waals surface area contributed by atoms with E-state index in [4.69, 9.17) is 16.3 Å². The number of amides is 1. The number of ether oxygens (including phenoxy) is 1. The van der Waals surface area contributed by atoms with Crippen molar-refractivity contribution >= 4 is 28.6 Å². The monoisotopic (exact) mass is 377 g/mol. The van der Waals surface area contributed by atoms with E-state index in [0.717, 1.165) is 16.5 Å². The van der Waals surface area contributed by atoms with Gasteiger partial charge in [0.1, 0.15) is 5.60 Å². The highest BCUT2D eigenvalue weighted by molar-refractivity contribution is 6.31. The number of nitrogens with one attached hydrogen (secondary N) is 1. The SMILES string of the molecule is CC(C)(C)OC(=O)N1C[C@@H]2C[C@@](O)(c3cc(Cl)cc4cn[nH]c34)C[C@@H]2C1. The first-order valence-electron chi connectivity index (χ1n) is 8.98. The third kappa shape index (κ3) is 3.05. The van der Waals surface area contributed by atoms with Gasteiger partial charge in [-0.3, -0.25) is 5.10 Å². The molecule has 2 N–H and O–H groups in total. The van der Waals surface area contributed by atoms with E-state index >= 15 is 0 Å². The van der Waals surface area contributed by atoms with E-state index in [1.54, 1.807) is 11.1 Å². The third-order valence-electron chi connectivity index (χ3n) is 5.44. The lowest BCUT2D eigenvalue weighted by atomic mass is 9.89. The molecule has 1 aliphatic carbocycles. The topological polar surface area (TPSA) is 78.4 Å². The molecule has 0 radical (unpaired) electrons. The molecule has 26 heavy (non-hydrogen) atoms. The zero-order chi connectivity index (χ0) is 18.7. The van der Waals surface area contributed by atoms with Crippen LogP contribution in [-0.4, -0.2) is 45.0 Å². The number of aliphatic hydroxyl groups is 1. The Kier molecular flexibility index (Phi) is 3.97. The zero-order valence-electron chi connectivity index (χ0n) is 15.3. The molecule has 1 aromatic heterocycles. The summed E-state index contributed by atoms with van der Waals surface area (Å²) in [6.07, 6.45) is 2.65. The molecule has 2 fully saturated rings. The van der Waals surface area contributed by atoms with Crippen LogP contribution in [0.25, 0.3) is 10.9 Å². The first-order valence-corrected chi connectivity index (χ1v) is 9.36. The van der Waals surface area contributed by atoms with E-state index in [1.165, 1.54) is 0 Å². The summed E-state index contributed by atoms with van der Waals surface area (Å²) in [6.45, 7) is 6.85. The molecule has 1 aliphatic heterocycles. The van der Waals surface area contributed by atoms with Crippen molar-refractivity contribution in [2.24, 2.45) is 11.8 Å². The van der Waals surface area contributed by atoms with Crippen LogP contribution >= 0.6 is 11.6 Å². The molecule has 1 saturated carbocycles. The summed E-state index contributed by atoms with van der Waals surface area (Å²) in [6, 6.07) is 3.67. The Morgan fingerprint density at radius 3 is 2.62 bits per heavy atom. The molecule has 7 heteroatoms. The number of likely N-dealkylation sites (tertiary alicyclic amines) is 1. The summed E-state index contributed by atoms with van der Waals surface area (Å²) in [5.74, 6) is 0.508. The number of carbonyl (C=O) groups excluding carboxylic acids is 1. The molecular formula is C19H24ClN3O3. The van der Waals surface area contributed by atoms with Crippen molar-refractivity contribution in [3.8, 4) is 0 Å². The van der Waals surface area contributed by atoms with E-state index in [9.17, 15) is 9.90 Å². The molecule has 1 saturated heterocycles. The van der Waals surface area contributed by atoms with Crippen molar-refractivity contribution in [2.45, 2.75) is 44.8 Å². The minimum absolute atomic E-state index is 0.254. The van der Waals surface area contributed by atoms with Crippen LogP contribution < -0.4 is 0 Å². The lowest BCUT2D eigenvalue weighted by molar-refractivity contribution is 0.0160. The number of aromatic amines is 1. The van der Waals surface area contributed by atoms with Gasteiger partial charge in [0.2, 0.25) is 0 Å². The first kappa shape index (κ1) is 17.6. The second-order valence-electron chi connectivity index (χ2n) is 8.63. The molecule has 0 bridgehead atoms. The quantitative estimate of drug-likeness (QED) is 0.794. The average molecular weight is 378 g/mol. The number of hydrogen-bond donors (Lipinski definition) is 2. The van der Waals surface area contributed by atoms with Crippen molar-refractivity contribution in [3.63, 3.8) is 0 Å². The molecule has 2 heterocycles. The maximum atomic E-state index is 12.3. The highest BCUT2D eigenvalue weighted by atomic mass is 35.5. The van der Waals surface area contributed by atoms with E-state index < -0.39 is 11.2 Å². The van der Waals surface area contributed by atoms with Crippen LogP contribution in [0, 0.1) is 11.8 Å². The maximum absolute atomic E-state index is 12.3. The number of rotatable bonds is 1. The third-order valence-corrected chi connectivity index (χ3v) is 5.66. The second-order valence-corrected chi connectivity index (χ2v) is 9.07. The Hall–Kier alpha value is -1.79. The molecule has 0 spiro atoms. The van der Waals surface area contributed by atoms with Gasteiger partial charge in [-0.05, 0) is 57.6 Å². The van der Waals surface area contributed by atoms with Crippen LogP contribution in [0.2, 0.25) is 5.02 Å². The standard InChI is InChI=1S/C19H24ClN3O3/c1-18(2,3)26-17(24)23-9-12-6-19(25,7-13(12)10-23)15-5-14(20)4-11-8-21-22-16(11)15/h4-5,8,12-13,25H,6-7,9-10H2,1-3H3,(H,21,22)/t12-,13+,19-. The van der Waals surface area contributed by atoms with Gasteiger partial charge in [-0.25, -0.2) is 4.79 Å². The maximum Gasteiger partial charge on any atom is 0.410 e. The minimum Gasteiger partial charge on any atom is -0.444 e. The van der Waals surface area contributed by atoms with Gasteiger partial charge in [0.25, 0.3) is 0 Å². The van der Waals surface area contributed by atoms with E-state index in [-0.39, 0.29) is 17.9 Å². The van der Waals surface area contributed by atoms with Gasteiger partial charge in [0.05, 0.1) is 17.3 Å². The summed E-state index contributed by atoms with van der Waals surface area (Å²) >= 11 is 6.25. The van der Waals surface area contributed by atoms with Crippen LogP contribution in [0.5, 0.6) is 0 Å². The molecular weight excluding hydrogens is 354 g/mol. The van der Waals surface area contributed by atoms with Gasteiger partial charge in [0.15, 0.2) is 0 Å². The highest BCUT2D eigenvalue weighted by Crippen LogP contribution is 2.50. The number of hydrogen-bond acceptors (Lipinski definition) is 4. The Labute approximate surface area is 157 Å². The fraction of sp³-hybridized carbons (Fsp3) is 0.579. The Morgan fingerprint density at radius 2 is 2.00 bits per heavy atom. The summed E-state index contributed by atoms with van der Waals surface area (Å²) in [7, 11) is 0. The zero-order valence-corrected chi connectivity index (χ0v) is 16.0. The summed E-state index contributed by atoms with van der Waals surface area (Å²) in [4.78, 5) is 14.1. The van der Waals surface area contributed by atoms with Crippen molar-refractivity contribution in [2.75, 3.05) is 13.1 Å². The van der Waals surface area contributed by atoms with Crippen molar-refractivity contribution in [3.05, 3.63) is 28.9 Å². The van der Waals surface area contributed by atoms with Crippen molar-refractivity contribution in [1.82, 2.24) is 15.1 Å². The average Bonchev–Trinajstić information content (AvgIpc) is 3.17. The van der Waals surface area contributed by atoms with Crippen LogP contribution in [0.4, 0.5) is 4.79 Å². The van der Waals surface area contributed by atoms with E-state index in [0.29, 0.717) is 31.0 Å². The van der Waals surface area contributed by atoms with Crippen molar-refractivity contribution < 1.29 is 14.6 Å². The molecule has 3 atom stereocenters. The highest BCUT2D eigenvalue weighted by Gasteiger charge is 2.51. The molecule has 2 aromatic rings. The predicted molar refractivity (Wildman–Crippen MR) is 99.0 cm³/mol. The number of aromatic nitrogens is 2. The molecule has 4 rings (SSSR count). The van der Waals surface area contributed by atoms with E-state index in [1.807, 2.05) is 32.9 Å². The minimum atomic E-state index is -0.953. The van der Waals surface area contributed by atoms with Gasteiger partial charge in [-0.2, -0.15) is 5.10 Å². The van der Waals surface area contributed by atoms with Crippen molar-refractivity contribution in [1.29, 1.82) is 0 Å². The summed E-state index contributed by atoms with van der Waals surface area (Å²) < 4.78 is 5.48. The summed E-state index contributed by atoms with van der Waals surface area (Å²) in [5.41, 5.74) is 0.185. The fourth-order valence-corrected chi connectivity index (χ4v) is 4.66. The number of nitrogens with zero attached hydrogens (tertiary/aromatic N) is 2. The lowest BCUT2D eigenvalue weighted by Gasteiger charge is -2.28. The number of benzene rings is 1. The number of halogens is 1. The molecule has 1 aromatic carbocycles. The van der Waals surface area contributed by atoms with Gasteiger partial charge in [0, 0.05) is 29.1 Å². The Morgan fingerprint density at radius 1 is 1.35 bits per heavy atom. The van der Waals surface area contributed by atoms with Crippen LogP contribution in [-0.2, 0) is 10.3 Å². The number of fused-ring (bicyclic) bond motifs is 2. The van der Waals surface area contributed by atoms with Gasteiger partial charge in [-0.15, -0.1) is 0 Å². The van der Waals surface area contributed by atoms with Crippen LogP contribution in [0.1, 0.15) is 39.2 Å². The second kappa shape index (κ2) is 5.86. The molecule has 0 unspecified atom stereocenters. The largest absolute Gasteiger partial charge is 0.444 e. The fourth-order valence-electron chi connectivity index (χ4n) is 4.44. The van der Waals surface area contributed by atoms with Gasteiger partial charge in [-0.1, -0.05) is 11.6 Å². The normalized spacial score (nSPS) is 28.6. The molecule has 1 amide bonds. The van der Waals surface area contributed by atoms with Crippen LogP contribution in [0.15, 0.2) is 18.3 Å². The number of carbonyl (C=O) groups is 1. The van der Waals surface area contributed by atoms with Gasteiger partial charge < -0.3 is 14.7 Å². The smallest absolute Gasteiger partial charge is 0.410 e. The van der Waals surface area contributed by atoms with Gasteiger partial charge >= 0.3 is 6.09 Å². The van der Waals surface area contributed by atoms with Crippen LogP contribution in [0.3, 0.4) is 0 Å². The van der Waals surface area contributed by atoms with E-state index in [2.05, 4.69) is 10.2 Å². The Bertz CT molecular complexity index is 843.